The lowest BCUT2D eigenvalue weighted by Gasteiger charge is -2.29. The number of carboxylic acid groups (broad SMARTS) is 2. The Balaban J connectivity index is 0.000000501. The number of carboxylic acids is 2. The Morgan fingerprint density at radius 1 is 1.13 bits per heavy atom. The Kier molecular flexibility index (Phi) is 9.37. The number of fused-ring (bicyclic) bond motifs is 1. The predicted octanol–water partition coefficient (Wildman–Crippen LogP) is 4.23. The lowest BCUT2D eigenvalue weighted by Crippen LogP contribution is -2.27. The summed E-state index contributed by atoms with van der Waals surface area (Å²) in [6, 6.07) is 4.38. The number of likely N-dealkylation sites (tertiary alicyclic amines) is 1. The molecule has 7 nitrogen and oxygen atoms in total. The summed E-state index contributed by atoms with van der Waals surface area (Å²) in [5.74, 6) is -1.69. The largest absolute Gasteiger partial charge is 0.492 e. The van der Waals surface area contributed by atoms with Gasteiger partial charge in [-0.05, 0) is 70.3 Å². The highest BCUT2D eigenvalue weighted by Crippen LogP contribution is 2.36. The molecule has 0 bridgehead atoms. The number of aliphatic carboxylic acids is 2. The van der Waals surface area contributed by atoms with Crippen LogP contribution in [0.5, 0.6) is 11.5 Å². The third kappa shape index (κ3) is 8.25. The molecule has 0 amide bonds. The summed E-state index contributed by atoms with van der Waals surface area (Å²) in [6.07, 6.45) is 11.8. The summed E-state index contributed by atoms with van der Waals surface area (Å²) in [6.45, 7) is 10.7. The van der Waals surface area contributed by atoms with Crippen molar-refractivity contribution < 1.29 is 29.3 Å². The SMILES string of the molecule is CCCCCc1cc2c(cc1OCCN1CCCC1)OC(C)(C)C=C2.O=C(O)C(=O)O. The Morgan fingerprint density at radius 2 is 1.81 bits per heavy atom. The summed E-state index contributed by atoms with van der Waals surface area (Å²) >= 11 is 0. The molecular formula is C24H35NO6. The third-order valence-electron chi connectivity index (χ3n) is 5.33. The van der Waals surface area contributed by atoms with Crippen molar-refractivity contribution in [3.05, 3.63) is 29.3 Å². The van der Waals surface area contributed by atoms with Crippen LogP contribution in [0.15, 0.2) is 18.2 Å². The Labute approximate surface area is 184 Å². The molecule has 0 spiro atoms. The quantitative estimate of drug-likeness (QED) is 0.468. The van der Waals surface area contributed by atoms with Crippen LogP contribution in [-0.4, -0.2) is 58.9 Å². The van der Waals surface area contributed by atoms with Gasteiger partial charge in [0.1, 0.15) is 23.7 Å². The van der Waals surface area contributed by atoms with Gasteiger partial charge in [-0.15, -0.1) is 0 Å². The first kappa shape index (κ1) is 24.7. The minimum Gasteiger partial charge on any atom is -0.492 e. The van der Waals surface area contributed by atoms with Crippen molar-refractivity contribution in [2.75, 3.05) is 26.2 Å². The highest BCUT2D eigenvalue weighted by molar-refractivity contribution is 6.27. The number of hydrogen-bond donors (Lipinski definition) is 2. The average Bonchev–Trinajstić information content (AvgIpc) is 3.22. The van der Waals surface area contributed by atoms with Crippen LogP contribution in [0.1, 0.15) is 64.0 Å². The smallest absolute Gasteiger partial charge is 0.414 e. The van der Waals surface area contributed by atoms with E-state index in [2.05, 4.69) is 50.0 Å². The van der Waals surface area contributed by atoms with Gasteiger partial charge in [-0.1, -0.05) is 25.8 Å². The van der Waals surface area contributed by atoms with E-state index in [4.69, 9.17) is 29.3 Å². The van der Waals surface area contributed by atoms with Crippen molar-refractivity contribution in [1.82, 2.24) is 4.90 Å². The molecule has 2 aliphatic heterocycles. The maximum Gasteiger partial charge on any atom is 0.414 e. The minimum atomic E-state index is -1.82. The molecule has 31 heavy (non-hydrogen) atoms. The maximum absolute atomic E-state index is 9.10. The van der Waals surface area contributed by atoms with E-state index in [0.29, 0.717) is 0 Å². The number of benzene rings is 1. The molecule has 172 valence electrons. The number of rotatable bonds is 8. The molecule has 2 aliphatic rings. The lowest BCUT2D eigenvalue weighted by molar-refractivity contribution is -0.159. The first-order chi connectivity index (χ1) is 14.7. The van der Waals surface area contributed by atoms with Crippen LogP contribution in [0.25, 0.3) is 6.08 Å². The number of nitrogens with zero attached hydrogens (tertiary/aromatic N) is 1. The number of unbranched alkanes of at least 4 members (excludes halogenated alkanes) is 2. The number of carbonyl (C=O) groups is 2. The zero-order valence-corrected chi connectivity index (χ0v) is 18.9. The summed E-state index contributed by atoms with van der Waals surface area (Å²) < 4.78 is 12.4. The van der Waals surface area contributed by atoms with Crippen molar-refractivity contribution in [1.29, 1.82) is 0 Å². The Bertz CT molecular complexity index is 769. The normalized spacial score (nSPS) is 16.6. The van der Waals surface area contributed by atoms with Gasteiger partial charge in [-0.3, -0.25) is 4.90 Å². The zero-order valence-electron chi connectivity index (χ0n) is 18.9. The van der Waals surface area contributed by atoms with Crippen LogP contribution in [0.3, 0.4) is 0 Å². The minimum absolute atomic E-state index is 0.246. The van der Waals surface area contributed by atoms with E-state index in [9.17, 15) is 0 Å². The van der Waals surface area contributed by atoms with Gasteiger partial charge < -0.3 is 19.7 Å². The monoisotopic (exact) mass is 433 g/mol. The fraction of sp³-hybridized carbons (Fsp3) is 0.583. The third-order valence-corrected chi connectivity index (χ3v) is 5.33. The molecule has 0 aromatic heterocycles. The molecule has 0 unspecified atom stereocenters. The van der Waals surface area contributed by atoms with Crippen molar-refractivity contribution in [3.63, 3.8) is 0 Å². The van der Waals surface area contributed by atoms with E-state index < -0.39 is 11.9 Å². The summed E-state index contributed by atoms with van der Waals surface area (Å²) in [4.78, 5) is 20.7. The van der Waals surface area contributed by atoms with Crippen molar-refractivity contribution in [3.8, 4) is 11.5 Å². The van der Waals surface area contributed by atoms with Crippen molar-refractivity contribution >= 4 is 18.0 Å². The molecule has 1 aromatic rings. The molecule has 0 aliphatic carbocycles. The van der Waals surface area contributed by atoms with E-state index >= 15 is 0 Å². The van der Waals surface area contributed by atoms with E-state index in [1.807, 2.05) is 0 Å². The second-order valence-corrected chi connectivity index (χ2v) is 8.50. The van der Waals surface area contributed by atoms with Crippen LogP contribution >= 0.6 is 0 Å². The molecule has 0 atom stereocenters. The van der Waals surface area contributed by atoms with E-state index in [1.54, 1.807) is 0 Å². The number of hydrogen-bond acceptors (Lipinski definition) is 5. The molecule has 1 saturated heterocycles. The Hall–Kier alpha value is -2.54. The van der Waals surface area contributed by atoms with Crippen molar-refractivity contribution in [2.45, 2.75) is 64.9 Å². The topological polar surface area (TPSA) is 96.3 Å². The van der Waals surface area contributed by atoms with Crippen LogP contribution in [0, 0.1) is 0 Å². The molecular weight excluding hydrogens is 398 g/mol. The fourth-order valence-electron chi connectivity index (χ4n) is 3.64. The highest BCUT2D eigenvalue weighted by Gasteiger charge is 2.23. The summed E-state index contributed by atoms with van der Waals surface area (Å²) in [5, 5.41) is 14.8. The van der Waals surface area contributed by atoms with Gasteiger partial charge in [0.2, 0.25) is 0 Å². The van der Waals surface area contributed by atoms with Crippen LogP contribution in [-0.2, 0) is 16.0 Å². The molecule has 1 aromatic carbocycles. The molecule has 3 rings (SSSR count). The molecule has 2 N–H and O–H groups in total. The second-order valence-electron chi connectivity index (χ2n) is 8.50. The first-order valence-corrected chi connectivity index (χ1v) is 11.1. The second kappa shape index (κ2) is 11.7. The predicted molar refractivity (Wildman–Crippen MR) is 120 cm³/mol. The molecule has 0 radical (unpaired) electrons. The van der Waals surface area contributed by atoms with Crippen LogP contribution < -0.4 is 9.47 Å². The highest BCUT2D eigenvalue weighted by atomic mass is 16.5. The number of ether oxygens (including phenoxy) is 2. The van der Waals surface area contributed by atoms with Gasteiger partial charge in [0.05, 0.1) is 0 Å². The van der Waals surface area contributed by atoms with Crippen LogP contribution in [0.2, 0.25) is 0 Å². The summed E-state index contributed by atoms with van der Waals surface area (Å²) in [5.41, 5.74) is 2.25. The van der Waals surface area contributed by atoms with Gasteiger partial charge in [0.15, 0.2) is 0 Å². The van der Waals surface area contributed by atoms with Gasteiger partial charge in [0.25, 0.3) is 0 Å². The standard InChI is InChI=1S/C22H33NO2.C2H2O4/c1-4-5-6-9-18-16-19-10-11-22(2,3)25-21(19)17-20(18)24-15-14-23-12-7-8-13-23;3-1(4)2(5)6/h10-11,16-17H,4-9,12-15H2,1-3H3;(H,3,4)(H,5,6). The van der Waals surface area contributed by atoms with Gasteiger partial charge in [-0.25, -0.2) is 9.59 Å². The number of aryl methyl sites for hydroxylation is 1. The lowest BCUT2D eigenvalue weighted by atomic mass is 9.98. The molecule has 7 heteroatoms. The van der Waals surface area contributed by atoms with E-state index in [0.717, 1.165) is 31.1 Å². The molecule has 0 saturated carbocycles. The van der Waals surface area contributed by atoms with E-state index in [-0.39, 0.29) is 5.60 Å². The van der Waals surface area contributed by atoms with Gasteiger partial charge in [-0.2, -0.15) is 0 Å². The summed E-state index contributed by atoms with van der Waals surface area (Å²) in [7, 11) is 0. The average molecular weight is 434 g/mol. The maximum atomic E-state index is 9.10. The van der Waals surface area contributed by atoms with Gasteiger partial charge >= 0.3 is 11.9 Å². The molecule has 2 heterocycles. The van der Waals surface area contributed by atoms with E-state index in [1.165, 1.54) is 56.3 Å². The van der Waals surface area contributed by atoms with Crippen molar-refractivity contribution in [2.24, 2.45) is 0 Å². The Morgan fingerprint density at radius 3 is 2.42 bits per heavy atom. The zero-order chi connectivity index (χ0) is 22.9. The van der Waals surface area contributed by atoms with Crippen LogP contribution in [0.4, 0.5) is 0 Å². The first-order valence-electron chi connectivity index (χ1n) is 11.1. The molecule has 1 fully saturated rings. The van der Waals surface area contributed by atoms with Gasteiger partial charge in [0, 0.05) is 18.2 Å². The fourth-order valence-corrected chi connectivity index (χ4v) is 3.64.